The zero-order valence-corrected chi connectivity index (χ0v) is 17.6. The Balaban J connectivity index is 1.43. The van der Waals surface area contributed by atoms with Crippen molar-refractivity contribution in [2.75, 3.05) is 26.2 Å². The lowest BCUT2D eigenvalue weighted by molar-refractivity contribution is 0.242. The highest BCUT2D eigenvalue weighted by Crippen LogP contribution is 2.26. The zero-order chi connectivity index (χ0) is 21.6. The summed E-state index contributed by atoms with van der Waals surface area (Å²) < 4.78 is 10.5. The number of aromatic nitrogens is 2. The molecule has 1 aliphatic heterocycles. The maximum atomic E-state index is 12.6. The highest BCUT2D eigenvalue weighted by atomic mass is 16.5. The molecule has 0 saturated carbocycles. The minimum absolute atomic E-state index is 0.133. The quantitative estimate of drug-likeness (QED) is 0.452. The number of H-pyrrole nitrogens is 1. The predicted molar refractivity (Wildman–Crippen MR) is 120 cm³/mol. The van der Waals surface area contributed by atoms with Gasteiger partial charge in [0.15, 0.2) is 11.5 Å². The minimum atomic E-state index is -0.133. The lowest BCUT2D eigenvalue weighted by Crippen LogP contribution is -2.35. The van der Waals surface area contributed by atoms with E-state index in [1.807, 2.05) is 30.3 Å². The Morgan fingerprint density at radius 1 is 1.16 bits per heavy atom. The van der Waals surface area contributed by atoms with Gasteiger partial charge < -0.3 is 9.47 Å². The van der Waals surface area contributed by atoms with E-state index in [9.17, 15) is 4.79 Å². The third-order valence-electron chi connectivity index (χ3n) is 5.19. The molecule has 0 fully saturated rings. The van der Waals surface area contributed by atoms with E-state index in [0.29, 0.717) is 24.0 Å². The van der Waals surface area contributed by atoms with Crippen molar-refractivity contribution in [3.8, 4) is 11.5 Å². The van der Waals surface area contributed by atoms with Crippen LogP contribution >= 0.6 is 0 Å². The molecule has 2 heterocycles. The molecule has 0 unspecified atom stereocenters. The molecule has 0 saturated heterocycles. The van der Waals surface area contributed by atoms with Gasteiger partial charge in [-0.2, -0.15) is 5.10 Å². The number of ether oxygens (including phenoxy) is 2. The van der Waals surface area contributed by atoms with Gasteiger partial charge in [-0.3, -0.25) is 14.7 Å². The van der Waals surface area contributed by atoms with Crippen LogP contribution in [-0.4, -0.2) is 41.8 Å². The molecule has 0 aliphatic carbocycles. The van der Waals surface area contributed by atoms with Crippen molar-refractivity contribution < 1.29 is 9.47 Å². The maximum absolute atomic E-state index is 12.6. The molecule has 0 atom stereocenters. The van der Waals surface area contributed by atoms with Gasteiger partial charge >= 0.3 is 0 Å². The Hall–Kier alpha value is -3.65. The Morgan fingerprint density at radius 3 is 2.74 bits per heavy atom. The number of methoxy groups -OCH3 is 2. The van der Waals surface area contributed by atoms with Crippen molar-refractivity contribution in [2.45, 2.75) is 19.5 Å². The van der Waals surface area contributed by atoms with Crippen molar-refractivity contribution in [1.82, 2.24) is 14.9 Å². The van der Waals surface area contributed by atoms with Crippen molar-refractivity contribution in [1.29, 1.82) is 0 Å². The van der Waals surface area contributed by atoms with E-state index < -0.39 is 0 Å². The highest BCUT2D eigenvalue weighted by molar-refractivity contribution is 5.81. The largest absolute Gasteiger partial charge is 0.493 e. The molecular weight excluding hydrogens is 394 g/mol. The van der Waals surface area contributed by atoms with Crippen LogP contribution in [0.4, 0.5) is 5.95 Å². The number of nitrogens with zero attached hydrogens (tertiary/aromatic N) is 3. The van der Waals surface area contributed by atoms with Crippen LogP contribution in [0.3, 0.4) is 0 Å². The number of nitrogens with one attached hydrogen (secondary N) is 2. The van der Waals surface area contributed by atoms with Gasteiger partial charge in [0, 0.05) is 26.1 Å². The lowest BCUT2D eigenvalue weighted by atomic mass is 10.1. The number of hydrazone groups is 1. The van der Waals surface area contributed by atoms with Crippen LogP contribution in [0.1, 0.15) is 22.4 Å². The van der Waals surface area contributed by atoms with E-state index >= 15 is 0 Å². The van der Waals surface area contributed by atoms with Crippen LogP contribution in [-0.2, 0) is 19.5 Å². The van der Waals surface area contributed by atoms with Crippen molar-refractivity contribution in [2.24, 2.45) is 5.10 Å². The van der Waals surface area contributed by atoms with Gasteiger partial charge in [-0.1, -0.05) is 30.3 Å². The van der Waals surface area contributed by atoms with Crippen LogP contribution in [0.5, 0.6) is 11.5 Å². The zero-order valence-electron chi connectivity index (χ0n) is 17.6. The molecular formula is C23H25N5O3. The normalized spacial score (nSPS) is 13.7. The first-order valence-corrected chi connectivity index (χ1v) is 10.1. The van der Waals surface area contributed by atoms with Gasteiger partial charge in [-0.05, 0) is 29.3 Å². The second-order valence-electron chi connectivity index (χ2n) is 7.27. The van der Waals surface area contributed by atoms with Gasteiger partial charge in [-0.25, -0.2) is 10.4 Å². The molecule has 2 N–H and O–H groups in total. The maximum Gasteiger partial charge on any atom is 0.257 e. The molecule has 8 nitrogen and oxygen atoms in total. The van der Waals surface area contributed by atoms with Crippen LogP contribution in [0.2, 0.25) is 0 Å². The fourth-order valence-corrected chi connectivity index (χ4v) is 3.61. The summed E-state index contributed by atoms with van der Waals surface area (Å²) >= 11 is 0. The molecule has 8 heteroatoms. The summed E-state index contributed by atoms with van der Waals surface area (Å²) in [5.74, 6) is 1.60. The van der Waals surface area contributed by atoms with Crippen LogP contribution < -0.4 is 20.5 Å². The SMILES string of the molecule is COc1ccc(/C=N\Nc2nc3c(c(=O)[nH]2)CN(Cc2ccccc2)CC3)cc1OC. The Kier molecular flexibility index (Phi) is 6.28. The summed E-state index contributed by atoms with van der Waals surface area (Å²) in [6.45, 7) is 2.25. The molecule has 2 aromatic carbocycles. The molecule has 1 aliphatic rings. The number of rotatable bonds is 7. The molecule has 3 aromatic rings. The molecule has 1 aromatic heterocycles. The van der Waals surface area contributed by atoms with E-state index in [2.05, 4.69) is 37.5 Å². The minimum Gasteiger partial charge on any atom is -0.493 e. The Labute approximate surface area is 180 Å². The van der Waals surface area contributed by atoms with Gasteiger partial charge in [-0.15, -0.1) is 0 Å². The van der Waals surface area contributed by atoms with E-state index in [1.165, 1.54) is 5.56 Å². The standard InChI is InChI=1S/C23H25N5O3/c1-30-20-9-8-17(12-21(20)31-2)13-24-27-23-25-19-10-11-28(15-18(19)22(29)26-23)14-16-6-4-3-5-7-16/h3-9,12-13H,10-11,14-15H2,1-2H3,(H2,25,26,27,29)/b24-13-. The van der Waals surface area contributed by atoms with Crippen molar-refractivity contribution >= 4 is 12.2 Å². The number of hydrogen-bond acceptors (Lipinski definition) is 7. The number of anilines is 1. The van der Waals surface area contributed by atoms with E-state index in [0.717, 1.165) is 36.3 Å². The van der Waals surface area contributed by atoms with Crippen LogP contribution in [0, 0.1) is 0 Å². The first kappa shape index (κ1) is 20.6. The first-order valence-electron chi connectivity index (χ1n) is 10.1. The van der Waals surface area contributed by atoms with E-state index in [-0.39, 0.29) is 5.56 Å². The summed E-state index contributed by atoms with van der Waals surface area (Å²) in [6, 6.07) is 15.7. The number of benzene rings is 2. The van der Waals surface area contributed by atoms with Crippen LogP contribution in [0.15, 0.2) is 58.4 Å². The fourth-order valence-electron chi connectivity index (χ4n) is 3.61. The molecule has 0 spiro atoms. The number of fused-ring (bicyclic) bond motifs is 1. The Morgan fingerprint density at radius 2 is 1.97 bits per heavy atom. The summed E-state index contributed by atoms with van der Waals surface area (Å²) in [6.07, 6.45) is 2.35. The van der Waals surface area contributed by atoms with E-state index in [1.54, 1.807) is 26.5 Å². The molecule has 160 valence electrons. The van der Waals surface area contributed by atoms with Gasteiger partial charge in [0.2, 0.25) is 5.95 Å². The van der Waals surface area contributed by atoms with Crippen molar-refractivity contribution in [3.63, 3.8) is 0 Å². The van der Waals surface area contributed by atoms with Gasteiger partial charge in [0.1, 0.15) is 0 Å². The molecule has 4 rings (SSSR count). The van der Waals surface area contributed by atoms with Crippen molar-refractivity contribution in [3.05, 3.63) is 81.3 Å². The molecule has 0 radical (unpaired) electrons. The average Bonchev–Trinajstić information content (AvgIpc) is 2.80. The number of aromatic amines is 1. The number of hydrogen-bond donors (Lipinski definition) is 2. The second kappa shape index (κ2) is 9.44. The second-order valence-corrected chi connectivity index (χ2v) is 7.27. The summed E-state index contributed by atoms with van der Waals surface area (Å²) in [5.41, 5.74) is 6.28. The summed E-state index contributed by atoms with van der Waals surface area (Å²) in [5, 5.41) is 4.19. The molecule has 0 amide bonds. The highest BCUT2D eigenvalue weighted by Gasteiger charge is 2.21. The predicted octanol–water partition coefficient (Wildman–Crippen LogP) is 2.79. The van der Waals surface area contributed by atoms with Gasteiger partial charge in [0.05, 0.1) is 31.7 Å². The summed E-state index contributed by atoms with van der Waals surface area (Å²) in [7, 11) is 3.17. The first-order chi connectivity index (χ1) is 15.2. The third kappa shape index (κ3) is 4.92. The Bertz CT molecular complexity index is 1130. The fraction of sp³-hybridized carbons (Fsp3) is 0.261. The third-order valence-corrected chi connectivity index (χ3v) is 5.19. The lowest BCUT2D eigenvalue weighted by Gasteiger charge is -2.27. The topological polar surface area (TPSA) is 91.8 Å². The van der Waals surface area contributed by atoms with E-state index in [4.69, 9.17) is 9.47 Å². The molecule has 0 bridgehead atoms. The average molecular weight is 419 g/mol. The summed E-state index contributed by atoms with van der Waals surface area (Å²) in [4.78, 5) is 22.2. The van der Waals surface area contributed by atoms with Crippen LogP contribution in [0.25, 0.3) is 0 Å². The smallest absolute Gasteiger partial charge is 0.257 e. The molecule has 31 heavy (non-hydrogen) atoms. The van der Waals surface area contributed by atoms with Gasteiger partial charge in [0.25, 0.3) is 5.56 Å². The monoisotopic (exact) mass is 419 g/mol.